The summed E-state index contributed by atoms with van der Waals surface area (Å²) in [5.74, 6) is -0.639. The molecule has 4 aromatic rings. The zero-order valence-electron chi connectivity index (χ0n) is 21.1. The maximum atomic E-state index is 13.3. The molecular weight excluding hydrogens is 497 g/mol. The lowest BCUT2D eigenvalue weighted by atomic mass is 9.86. The molecule has 11 heteroatoms. The number of halogens is 3. The van der Waals surface area contributed by atoms with E-state index in [1.54, 1.807) is 18.5 Å². The van der Waals surface area contributed by atoms with Gasteiger partial charge in [0, 0.05) is 24.2 Å². The van der Waals surface area contributed by atoms with Crippen LogP contribution in [-0.4, -0.2) is 42.7 Å². The van der Waals surface area contributed by atoms with Gasteiger partial charge >= 0.3 is 6.18 Å². The van der Waals surface area contributed by atoms with Crippen molar-refractivity contribution < 1.29 is 22.7 Å². The fraction of sp³-hybridized carbons (Fsp3) is 0.296. The molecule has 2 aromatic carbocycles. The zero-order chi connectivity index (χ0) is 27.3. The number of nitrogens with zero attached hydrogens (tertiary/aromatic N) is 5. The topological polar surface area (TPSA) is 94.8 Å². The number of pyridine rings is 1. The van der Waals surface area contributed by atoms with Crippen molar-refractivity contribution in [2.75, 3.05) is 0 Å². The first-order valence-corrected chi connectivity index (χ1v) is 11.9. The minimum absolute atomic E-state index is 0.0826. The fourth-order valence-corrected chi connectivity index (χ4v) is 4.03. The normalized spacial score (nSPS) is 13.5. The average Bonchev–Trinajstić information content (AvgIpc) is 3.43. The molecule has 0 aliphatic carbocycles. The Hall–Kier alpha value is -4.28. The Morgan fingerprint density at radius 2 is 1.82 bits per heavy atom. The van der Waals surface area contributed by atoms with Crippen molar-refractivity contribution in [1.82, 2.24) is 30.5 Å². The van der Waals surface area contributed by atoms with Crippen LogP contribution in [0.1, 0.15) is 43.4 Å². The Labute approximate surface area is 217 Å². The van der Waals surface area contributed by atoms with Gasteiger partial charge in [0.1, 0.15) is 6.33 Å². The lowest BCUT2D eigenvalue weighted by Crippen LogP contribution is -2.51. The van der Waals surface area contributed by atoms with Gasteiger partial charge in [-0.1, -0.05) is 42.5 Å². The molecule has 8 nitrogen and oxygen atoms in total. The molecule has 2 unspecified atom stereocenters. The summed E-state index contributed by atoms with van der Waals surface area (Å²) in [5, 5.41) is 14.4. The van der Waals surface area contributed by atoms with Crippen LogP contribution in [-0.2, 0) is 17.4 Å². The van der Waals surface area contributed by atoms with Gasteiger partial charge in [-0.15, -0.1) is 5.10 Å². The van der Waals surface area contributed by atoms with E-state index in [2.05, 4.69) is 25.8 Å². The SMILES string of the molecule is CC(NC(=O)C(C)(C)Oc1ccc(C(F)(F)F)cn1)C(Cc1ccccc1)c1cccc(-n2cnnn2)c1. The van der Waals surface area contributed by atoms with Gasteiger partial charge in [-0.05, 0) is 66.9 Å². The standard InChI is InChI=1S/C27H27F3N6O2/c1-18(33-25(37)26(2,3)38-24-13-12-21(16-31-24)27(28,29)30)23(14-19-8-5-4-6-9-19)20-10-7-11-22(15-20)36-17-32-34-35-36/h4-13,15-18,23H,14H2,1-3H3,(H,33,37). The maximum Gasteiger partial charge on any atom is 0.417 e. The van der Waals surface area contributed by atoms with E-state index in [-0.39, 0.29) is 17.8 Å². The fourth-order valence-electron chi connectivity index (χ4n) is 4.03. The van der Waals surface area contributed by atoms with Gasteiger partial charge in [0.2, 0.25) is 5.88 Å². The van der Waals surface area contributed by atoms with Crippen molar-refractivity contribution in [1.29, 1.82) is 0 Å². The smallest absolute Gasteiger partial charge is 0.417 e. The lowest BCUT2D eigenvalue weighted by Gasteiger charge is -2.31. The van der Waals surface area contributed by atoms with E-state index < -0.39 is 23.2 Å². The summed E-state index contributed by atoms with van der Waals surface area (Å²) in [5.41, 5.74) is 0.551. The number of nitrogens with one attached hydrogen (secondary N) is 1. The van der Waals surface area contributed by atoms with Crippen molar-refractivity contribution in [3.63, 3.8) is 0 Å². The van der Waals surface area contributed by atoms with Crippen LogP contribution in [0.5, 0.6) is 5.88 Å². The Kier molecular flexibility index (Phi) is 7.75. The largest absolute Gasteiger partial charge is 0.462 e. The molecule has 198 valence electrons. The summed E-state index contributed by atoms with van der Waals surface area (Å²) in [7, 11) is 0. The van der Waals surface area contributed by atoms with Crippen molar-refractivity contribution in [2.24, 2.45) is 0 Å². The number of alkyl halides is 3. The molecule has 38 heavy (non-hydrogen) atoms. The van der Waals surface area contributed by atoms with Crippen LogP contribution in [0.25, 0.3) is 5.69 Å². The molecule has 2 aromatic heterocycles. The van der Waals surface area contributed by atoms with Crippen LogP contribution in [0, 0.1) is 0 Å². The first-order valence-electron chi connectivity index (χ1n) is 11.9. The Balaban J connectivity index is 1.53. The lowest BCUT2D eigenvalue weighted by molar-refractivity contribution is -0.138. The van der Waals surface area contributed by atoms with Gasteiger partial charge in [0.25, 0.3) is 5.91 Å². The molecular formula is C27H27F3N6O2. The monoisotopic (exact) mass is 524 g/mol. The minimum atomic E-state index is -4.51. The zero-order valence-corrected chi connectivity index (χ0v) is 21.1. The van der Waals surface area contributed by atoms with Crippen LogP contribution in [0.15, 0.2) is 79.3 Å². The molecule has 0 radical (unpaired) electrons. The summed E-state index contributed by atoms with van der Waals surface area (Å²) in [6, 6.07) is 19.3. The third kappa shape index (κ3) is 6.53. The van der Waals surface area contributed by atoms with E-state index in [1.807, 2.05) is 61.5 Å². The highest BCUT2D eigenvalue weighted by Crippen LogP contribution is 2.30. The third-order valence-electron chi connectivity index (χ3n) is 6.14. The number of amides is 1. The first kappa shape index (κ1) is 26.8. The number of ether oxygens (including phenoxy) is 1. The predicted molar refractivity (Wildman–Crippen MR) is 134 cm³/mol. The van der Waals surface area contributed by atoms with Crippen molar-refractivity contribution >= 4 is 5.91 Å². The molecule has 4 rings (SSSR count). The first-order chi connectivity index (χ1) is 18.0. The number of rotatable bonds is 9. The van der Waals surface area contributed by atoms with E-state index in [0.29, 0.717) is 12.6 Å². The summed E-state index contributed by atoms with van der Waals surface area (Å²) in [6.07, 6.45) is -1.68. The van der Waals surface area contributed by atoms with Gasteiger partial charge in [-0.3, -0.25) is 4.79 Å². The number of benzene rings is 2. The van der Waals surface area contributed by atoms with Crippen LogP contribution >= 0.6 is 0 Å². The molecule has 0 spiro atoms. The van der Waals surface area contributed by atoms with E-state index in [9.17, 15) is 18.0 Å². The molecule has 0 aliphatic rings. The summed E-state index contributed by atoms with van der Waals surface area (Å²) in [4.78, 5) is 17.0. The van der Waals surface area contributed by atoms with Crippen molar-refractivity contribution in [3.05, 3.63) is 95.9 Å². The van der Waals surface area contributed by atoms with E-state index in [4.69, 9.17) is 4.74 Å². The van der Waals surface area contributed by atoms with Crippen molar-refractivity contribution in [3.8, 4) is 11.6 Å². The number of carbonyl (C=O) groups is 1. The quantitative estimate of drug-likeness (QED) is 0.339. The number of hydrogen-bond acceptors (Lipinski definition) is 6. The Morgan fingerprint density at radius 3 is 2.45 bits per heavy atom. The van der Waals surface area contributed by atoms with E-state index in [1.165, 1.54) is 6.33 Å². The number of carbonyl (C=O) groups excluding carboxylic acids is 1. The molecule has 1 N–H and O–H groups in total. The second-order valence-corrected chi connectivity index (χ2v) is 9.40. The van der Waals surface area contributed by atoms with Crippen LogP contribution in [0.3, 0.4) is 0 Å². The van der Waals surface area contributed by atoms with Crippen LogP contribution in [0.4, 0.5) is 13.2 Å². The van der Waals surface area contributed by atoms with Crippen molar-refractivity contribution in [2.45, 2.75) is 50.9 Å². The molecule has 0 saturated heterocycles. The average molecular weight is 525 g/mol. The highest BCUT2D eigenvalue weighted by atomic mass is 19.4. The van der Waals surface area contributed by atoms with Gasteiger partial charge in [0.05, 0.1) is 11.3 Å². The minimum Gasteiger partial charge on any atom is -0.462 e. The van der Waals surface area contributed by atoms with Crippen LogP contribution in [0.2, 0.25) is 0 Å². The molecule has 0 fully saturated rings. The molecule has 0 aliphatic heterocycles. The summed E-state index contributed by atoms with van der Waals surface area (Å²) >= 11 is 0. The number of tetrazole rings is 1. The summed E-state index contributed by atoms with van der Waals surface area (Å²) in [6.45, 7) is 4.99. The van der Waals surface area contributed by atoms with E-state index >= 15 is 0 Å². The number of hydrogen-bond donors (Lipinski definition) is 1. The highest BCUT2D eigenvalue weighted by Gasteiger charge is 2.34. The molecule has 2 heterocycles. The maximum absolute atomic E-state index is 13.3. The van der Waals surface area contributed by atoms with Gasteiger partial charge < -0.3 is 10.1 Å². The molecule has 1 amide bonds. The third-order valence-corrected chi connectivity index (χ3v) is 6.14. The second kappa shape index (κ2) is 11.0. The van der Waals surface area contributed by atoms with Gasteiger partial charge in [0.15, 0.2) is 5.60 Å². The second-order valence-electron chi connectivity index (χ2n) is 9.40. The molecule has 2 atom stereocenters. The molecule has 0 saturated carbocycles. The molecule has 0 bridgehead atoms. The van der Waals surface area contributed by atoms with Gasteiger partial charge in [-0.2, -0.15) is 13.2 Å². The Morgan fingerprint density at radius 1 is 1.05 bits per heavy atom. The summed E-state index contributed by atoms with van der Waals surface area (Å²) < 4.78 is 45.8. The Bertz CT molecular complexity index is 1340. The highest BCUT2D eigenvalue weighted by molar-refractivity contribution is 5.85. The van der Waals surface area contributed by atoms with E-state index in [0.717, 1.165) is 28.9 Å². The predicted octanol–water partition coefficient (Wildman–Crippen LogP) is 4.76. The van der Waals surface area contributed by atoms with Crippen LogP contribution < -0.4 is 10.1 Å². The van der Waals surface area contributed by atoms with Gasteiger partial charge in [-0.25, -0.2) is 9.67 Å². The number of aromatic nitrogens is 5.